The van der Waals surface area contributed by atoms with E-state index in [1.165, 1.54) is 60.7 Å². The van der Waals surface area contributed by atoms with Crippen molar-refractivity contribution < 1.29 is 28.9 Å². The van der Waals surface area contributed by atoms with Gasteiger partial charge < -0.3 is 14.7 Å². The number of allylic oxidation sites excluding steroid dienone is 8. The third-order valence-corrected chi connectivity index (χ3v) is 11.9. The first-order valence-corrected chi connectivity index (χ1v) is 20.7. The Kier molecular flexibility index (Phi) is 12.3. The molecule has 312 valence electrons. The van der Waals surface area contributed by atoms with E-state index in [0.29, 0.717) is 19.8 Å². The molecule has 0 fully saturated rings. The van der Waals surface area contributed by atoms with Gasteiger partial charge in [-0.3, -0.25) is 9.68 Å². The Labute approximate surface area is 351 Å². The molecular weight excluding hydrogens is 735 g/mol. The van der Waals surface area contributed by atoms with E-state index in [1.54, 1.807) is 28.0 Å². The quantitative estimate of drug-likeness (QED) is 0.0687. The fourth-order valence-corrected chi connectivity index (χ4v) is 8.60. The summed E-state index contributed by atoms with van der Waals surface area (Å²) < 4.78 is 8.46. The predicted octanol–water partition coefficient (Wildman–Crippen LogP) is 11.1. The summed E-state index contributed by atoms with van der Waals surface area (Å²) in [5.41, 5.74) is 5.13. The first-order valence-electron chi connectivity index (χ1n) is 20.7. The molecular formula is C51H64N3O5+. The zero-order valence-corrected chi connectivity index (χ0v) is 37.2. The molecule has 2 aliphatic heterocycles. The van der Waals surface area contributed by atoms with Gasteiger partial charge in [-0.15, -0.1) is 0 Å². The van der Waals surface area contributed by atoms with E-state index in [-0.39, 0.29) is 21.7 Å². The van der Waals surface area contributed by atoms with E-state index in [9.17, 15) is 9.90 Å². The van der Waals surface area contributed by atoms with Gasteiger partial charge in [0.2, 0.25) is 5.69 Å². The number of carbonyl (C=O) groups is 1. The number of carboxylic acid groups (broad SMARTS) is 1. The van der Waals surface area contributed by atoms with Crippen molar-refractivity contribution in [3.05, 3.63) is 132 Å². The van der Waals surface area contributed by atoms with E-state index in [4.69, 9.17) is 14.4 Å². The van der Waals surface area contributed by atoms with Crippen LogP contribution in [0.4, 0.5) is 11.4 Å². The second-order valence-electron chi connectivity index (χ2n) is 19.2. The number of carboxylic acids is 1. The van der Waals surface area contributed by atoms with Crippen LogP contribution in [0.1, 0.15) is 80.4 Å². The monoisotopic (exact) mass is 798 g/mol. The van der Waals surface area contributed by atoms with E-state index in [1.807, 2.05) is 0 Å². The number of hydrogen-bond donors (Lipinski definition) is 1. The molecule has 1 N–H and O–H groups in total. The minimum Gasteiger partial charge on any atom is -0.479 e. The van der Waals surface area contributed by atoms with Gasteiger partial charge in [-0.2, -0.15) is 4.58 Å². The molecule has 0 amide bonds. The zero-order valence-electron chi connectivity index (χ0n) is 37.2. The third kappa shape index (κ3) is 9.02. The van der Waals surface area contributed by atoms with E-state index >= 15 is 0 Å². The summed E-state index contributed by atoms with van der Waals surface area (Å²) in [5.74, 6) is -0.969. The Morgan fingerprint density at radius 3 is 2.00 bits per heavy atom. The van der Waals surface area contributed by atoms with Gasteiger partial charge in [0, 0.05) is 58.9 Å². The van der Waals surface area contributed by atoms with Crippen molar-refractivity contribution in [2.24, 2.45) is 10.8 Å². The van der Waals surface area contributed by atoms with Gasteiger partial charge in [0.05, 0.1) is 25.7 Å². The van der Waals surface area contributed by atoms with Crippen molar-refractivity contribution in [2.45, 2.75) is 85.7 Å². The lowest BCUT2D eigenvalue weighted by Crippen LogP contribution is -2.42. The van der Waals surface area contributed by atoms with Crippen molar-refractivity contribution in [1.29, 1.82) is 0 Å². The van der Waals surface area contributed by atoms with Crippen LogP contribution in [0.2, 0.25) is 0 Å². The predicted molar refractivity (Wildman–Crippen MR) is 243 cm³/mol. The average Bonchev–Trinajstić information content (AvgIpc) is 3.53. The summed E-state index contributed by atoms with van der Waals surface area (Å²) in [6.07, 6.45) is 15.0. The van der Waals surface area contributed by atoms with E-state index in [2.05, 4.69) is 180 Å². The number of fused-ring (bicyclic) bond motifs is 6. The second kappa shape index (κ2) is 16.7. The summed E-state index contributed by atoms with van der Waals surface area (Å²) in [6, 6.07) is 26.2. The summed E-state index contributed by atoms with van der Waals surface area (Å²) in [6.45, 7) is 23.4. The molecule has 0 spiro atoms. The topological polar surface area (TPSA) is 74.5 Å². The molecule has 8 heteroatoms. The van der Waals surface area contributed by atoms with Crippen LogP contribution in [0.25, 0.3) is 21.5 Å². The lowest BCUT2D eigenvalue weighted by atomic mass is 9.79. The minimum atomic E-state index is -1.27. The molecule has 2 aliphatic rings. The second-order valence-corrected chi connectivity index (χ2v) is 19.2. The molecule has 0 bridgehead atoms. The van der Waals surface area contributed by atoms with Gasteiger partial charge in [0.25, 0.3) is 0 Å². The maximum atomic E-state index is 11.8. The Hall–Kier alpha value is -4.86. The molecule has 0 saturated carbocycles. The molecule has 0 radical (unpaired) electrons. The van der Waals surface area contributed by atoms with Gasteiger partial charge in [-0.1, -0.05) is 132 Å². The number of hydroxylamine groups is 2. The Morgan fingerprint density at radius 1 is 0.763 bits per heavy atom. The Balaban J connectivity index is 1.30. The smallest absolute Gasteiger partial charge is 0.335 e. The van der Waals surface area contributed by atoms with Crippen molar-refractivity contribution in [3.63, 3.8) is 0 Å². The summed E-state index contributed by atoms with van der Waals surface area (Å²) in [4.78, 5) is 25.4. The van der Waals surface area contributed by atoms with Crippen molar-refractivity contribution in [1.82, 2.24) is 5.23 Å². The van der Waals surface area contributed by atoms with E-state index in [0.717, 1.165) is 6.54 Å². The normalized spacial score (nSPS) is 17.6. The third-order valence-electron chi connectivity index (χ3n) is 11.9. The maximum absolute atomic E-state index is 11.8. The molecule has 0 unspecified atom stereocenters. The summed E-state index contributed by atoms with van der Waals surface area (Å²) in [5, 5.41) is 16.1. The molecule has 0 atom stereocenters. The molecule has 0 aliphatic carbocycles. The van der Waals surface area contributed by atoms with Gasteiger partial charge in [0.15, 0.2) is 17.9 Å². The van der Waals surface area contributed by atoms with Crippen LogP contribution in [0.15, 0.2) is 121 Å². The standard InChI is InChI=1S/C51H63N3O5/c1-47(2,34-58-51(9,10)46(55)56)32-53-40-30-28-36-22-18-20-24-38(36)44(40)49(5,6)42(53)26-16-14-13-15-17-27-43-50(7,8)45-39-25-21-19-23-37(39)29-31-41(45)54(43)33-48(3,4)35-59-52(11)57-12/h13-31H,32-35H2,1-12H3/p+1. The fraction of sp³-hybridized carbons (Fsp3) is 0.412. The van der Waals surface area contributed by atoms with Crippen LogP contribution in [0.3, 0.4) is 0 Å². The Morgan fingerprint density at radius 2 is 1.36 bits per heavy atom. The number of nitrogens with zero attached hydrogens (tertiary/aromatic N) is 3. The molecule has 6 rings (SSSR count). The van der Waals surface area contributed by atoms with Crippen molar-refractivity contribution >= 4 is 44.6 Å². The number of anilines is 1. The number of hydrogen-bond acceptors (Lipinski definition) is 6. The van der Waals surface area contributed by atoms with Gasteiger partial charge in [0.1, 0.15) is 0 Å². The lowest BCUT2D eigenvalue weighted by molar-refractivity contribution is -0.461. The van der Waals surface area contributed by atoms with Gasteiger partial charge in [-0.05, 0) is 73.0 Å². The van der Waals surface area contributed by atoms with Gasteiger partial charge >= 0.3 is 5.97 Å². The van der Waals surface area contributed by atoms with Crippen LogP contribution in [-0.4, -0.2) is 72.7 Å². The lowest BCUT2D eigenvalue weighted by Gasteiger charge is -2.36. The van der Waals surface area contributed by atoms with Crippen LogP contribution in [0, 0.1) is 10.8 Å². The first kappa shape index (κ1) is 43.7. The highest BCUT2D eigenvalue weighted by molar-refractivity contribution is 6.07. The summed E-state index contributed by atoms with van der Waals surface area (Å²) in [7, 11) is 3.37. The van der Waals surface area contributed by atoms with Crippen LogP contribution in [-0.2, 0) is 30.0 Å². The summed E-state index contributed by atoms with van der Waals surface area (Å²) >= 11 is 0. The number of rotatable bonds is 16. The number of ether oxygens (including phenoxy) is 1. The first-order chi connectivity index (χ1) is 27.7. The molecule has 0 aromatic heterocycles. The van der Waals surface area contributed by atoms with Crippen LogP contribution in [0.5, 0.6) is 0 Å². The number of benzene rings is 4. The Bertz CT molecular complexity index is 2380. The van der Waals surface area contributed by atoms with Crippen molar-refractivity contribution in [2.75, 3.05) is 45.4 Å². The fourth-order valence-electron chi connectivity index (χ4n) is 8.60. The largest absolute Gasteiger partial charge is 0.479 e. The molecule has 2 heterocycles. The highest BCUT2D eigenvalue weighted by Crippen LogP contribution is 2.52. The van der Waals surface area contributed by atoms with Gasteiger partial charge in [-0.25, -0.2) is 4.79 Å². The van der Waals surface area contributed by atoms with E-state index < -0.39 is 11.6 Å². The molecule has 8 nitrogen and oxygen atoms in total. The molecule has 4 aromatic rings. The average molecular weight is 799 g/mol. The molecule has 0 saturated heterocycles. The van der Waals surface area contributed by atoms with Crippen molar-refractivity contribution in [3.8, 4) is 0 Å². The minimum absolute atomic E-state index is 0.188. The van der Waals surface area contributed by atoms with Crippen LogP contribution >= 0.6 is 0 Å². The van der Waals surface area contributed by atoms with Crippen LogP contribution < -0.4 is 4.90 Å². The number of aliphatic carboxylic acids is 1. The molecule has 4 aromatic carbocycles. The highest BCUT2D eigenvalue weighted by atomic mass is 16.9. The molecule has 59 heavy (non-hydrogen) atoms. The maximum Gasteiger partial charge on any atom is 0.335 e. The highest BCUT2D eigenvalue weighted by Gasteiger charge is 2.47. The SMILES string of the molecule is CON(C)OCC(C)(C)C[N+]1=C(/C=C/C=C/C=C/C=C2/N(CC(C)(C)COC(C)(C)C(=O)O)c3ccc4ccccc4c3C2(C)C)C(C)(C)c2c1ccc1ccccc21. The zero-order chi connectivity index (χ0) is 43.0.